The minimum absolute atomic E-state index is 0.0733. The number of hydrogen-bond acceptors (Lipinski definition) is 1. The largest absolute Gasteiger partial charge is 0.351 e. The van der Waals surface area contributed by atoms with Gasteiger partial charge in [-0.3, -0.25) is 4.79 Å². The number of carbonyl (C=O) groups is 1. The second-order valence-corrected chi connectivity index (χ2v) is 8.49. The van der Waals surface area contributed by atoms with Crippen LogP contribution in [0.4, 0.5) is 0 Å². The molecule has 1 aromatic rings. The molecular weight excluding hydrogens is 282 g/mol. The summed E-state index contributed by atoms with van der Waals surface area (Å²) in [6.07, 6.45) is 1.86. The summed E-state index contributed by atoms with van der Waals surface area (Å²) in [6, 6.07) is 7.84. The molecule has 0 heterocycles. The zero-order chi connectivity index (χ0) is 15.8. The molecule has 1 saturated carbocycles. The highest BCUT2D eigenvalue weighted by molar-refractivity contribution is 6.31. The van der Waals surface area contributed by atoms with E-state index in [0.29, 0.717) is 0 Å². The smallest absolute Gasteiger partial charge is 0.224 e. The molecule has 21 heavy (non-hydrogen) atoms. The predicted molar refractivity (Wildman–Crippen MR) is 88.6 cm³/mol. The summed E-state index contributed by atoms with van der Waals surface area (Å²) in [5.74, 6) is 0.516. The van der Waals surface area contributed by atoms with E-state index in [2.05, 4.69) is 39.9 Å². The van der Waals surface area contributed by atoms with Crippen molar-refractivity contribution in [3.8, 4) is 0 Å². The fourth-order valence-corrected chi connectivity index (χ4v) is 3.68. The molecule has 1 amide bonds. The Morgan fingerprint density at radius 3 is 2.43 bits per heavy atom. The third kappa shape index (κ3) is 4.47. The zero-order valence-electron chi connectivity index (χ0n) is 13.7. The first-order valence-electron chi connectivity index (χ1n) is 7.65. The highest BCUT2D eigenvalue weighted by Gasteiger charge is 2.46. The Bertz CT molecular complexity index is 530. The van der Waals surface area contributed by atoms with Gasteiger partial charge in [0.25, 0.3) is 0 Å². The van der Waals surface area contributed by atoms with Crippen molar-refractivity contribution < 1.29 is 4.79 Å². The first kappa shape index (κ1) is 16.4. The van der Waals surface area contributed by atoms with Crippen LogP contribution in [0.5, 0.6) is 0 Å². The van der Waals surface area contributed by atoms with Crippen LogP contribution in [-0.4, -0.2) is 11.4 Å². The Labute approximate surface area is 133 Å². The van der Waals surface area contributed by atoms with Crippen LogP contribution in [0, 0.1) is 11.3 Å². The van der Waals surface area contributed by atoms with Crippen LogP contribution >= 0.6 is 11.6 Å². The molecule has 2 unspecified atom stereocenters. The fourth-order valence-electron chi connectivity index (χ4n) is 3.40. The van der Waals surface area contributed by atoms with E-state index in [1.165, 1.54) is 0 Å². The van der Waals surface area contributed by atoms with Crippen molar-refractivity contribution in [3.63, 3.8) is 0 Å². The SMILES string of the molecule is CC(C)(C)CC(C)(C)NC(=O)C1CC1c1ccccc1Cl. The van der Waals surface area contributed by atoms with E-state index in [1.807, 2.05) is 24.3 Å². The summed E-state index contributed by atoms with van der Waals surface area (Å²) >= 11 is 6.22. The molecule has 0 saturated heterocycles. The molecule has 116 valence electrons. The number of rotatable bonds is 4. The first-order valence-corrected chi connectivity index (χ1v) is 8.03. The maximum Gasteiger partial charge on any atom is 0.224 e. The molecule has 0 aromatic heterocycles. The van der Waals surface area contributed by atoms with E-state index < -0.39 is 0 Å². The Hall–Kier alpha value is -1.02. The maximum absolute atomic E-state index is 12.4. The summed E-state index contributed by atoms with van der Waals surface area (Å²) in [4.78, 5) is 12.4. The van der Waals surface area contributed by atoms with Crippen LogP contribution in [0.15, 0.2) is 24.3 Å². The van der Waals surface area contributed by atoms with E-state index in [1.54, 1.807) is 0 Å². The molecule has 1 aromatic carbocycles. The third-order valence-corrected chi connectivity index (χ3v) is 4.21. The molecular formula is C18H26ClNO. The van der Waals surface area contributed by atoms with Gasteiger partial charge in [-0.1, -0.05) is 50.6 Å². The summed E-state index contributed by atoms with van der Waals surface area (Å²) in [5.41, 5.74) is 1.12. The molecule has 1 aliphatic rings. The van der Waals surface area contributed by atoms with Gasteiger partial charge in [0.1, 0.15) is 0 Å². The minimum atomic E-state index is -0.178. The lowest BCUT2D eigenvalue weighted by Crippen LogP contribution is -2.46. The Balaban J connectivity index is 1.96. The Kier molecular flexibility index (Phi) is 4.39. The summed E-state index contributed by atoms with van der Waals surface area (Å²) in [7, 11) is 0. The van der Waals surface area contributed by atoms with Gasteiger partial charge in [0, 0.05) is 16.5 Å². The molecule has 0 spiro atoms. The summed E-state index contributed by atoms with van der Waals surface area (Å²) < 4.78 is 0. The van der Waals surface area contributed by atoms with Gasteiger partial charge < -0.3 is 5.32 Å². The number of hydrogen-bond donors (Lipinski definition) is 1. The van der Waals surface area contributed by atoms with Crippen LogP contribution in [0.1, 0.15) is 58.9 Å². The summed E-state index contributed by atoms with van der Waals surface area (Å²) in [6.45, 7) is 10.8. The molecule has 1 N–H and O–H groups in total. The normalized spacial score (nSPS) is 22.0. The Morgan fingerprint density at radius 2 is 1.86 bits per heavy atom. The average molecular weight is 308 g/mol. The highest BCUT2D eigenvalue weighted by Crippen LogP contribution is 2.49. The van der Waals surface area contributed by atoms with Gasteiger partial charge >= 0.3 is 0 Å². The lowest BCUT2D eigenvalue weighted by molar-refractivity contribution is -0.124. The maximum atomic E-state index is 12.4. The van der Waals surface area contributed by atoms with Crippen molar-refractivity contribution in [2.24, 2.45) is 11.3 Å². The third-order valence-electron chi connectivity index (χ3n) is 3.87. The van der Waals surface area contributed by atoms with Crippen molar-refractivity contribution in [1.82, 2.24) is 5.32 Å². The molecule has 1 fully saturated rings. The van der Waals surface area contributed by atoms with Crippen molar-refractivity contribution in [2.45, 2.75) is 58.9 Å². The Morgan fingerprint density at radius 1 is 1.24 bits per heavy atom. The van der Waals surface area contributed by atoms with E-state index >= 15 is 0 Å². The number of benzene rings is 1. The summed E-state index contributed by atoms with van der Waals surface area (Å²) in [5, 5.41) is 3.98. The monoisotopic (exact) mass is 307 g/mol. The molecule has 2 rings (SSSR count). The lowest BCUT2D eigenvalue weighted by Gasteiger charge is -2.33. The van der Waals surface area contributed by atoms with Gasteiger partial charge in [0.05, 0.1) is 0 Å². The van der Waals surface area contributed by atoms with Crippen LogP contribution in [0.3, 0.4) is 0 Å². The van der Waals surface area contributed by atoms with Crippen LogP contribution in [0.25, 0.3) is 0 Å². The minimum Gasteiger partial charge on any atom is -0.351 e. The predicted octanol–water partition coefficient (Wildman–Crippen LogP) is 4.77. The van der Waals surface area contributed by atoms with Gasteiger partial charge in [-0.05, 0) is 49.7 Å². The average Bonchev–Trinajstić information content (AvgIpc) is 3.05. The molecule has 1 aliphatic carbocycles. The van der Waals surface area contributed by atoms with Crippen LogP contribution in [-0.2, 0) is 4.79 Å². The van der Waals surface area contributed by atoms with Gasteiger partial charge in [0.2, 0.25) is 5.91 Å². The van der Waals surface area contributed by atoms with E-state index in [9.17, 15) is 4.79 Å². The van der Waals surface area contributed by atoms with E-state index in [-0.39, 0.29) is 28.7 Å². The number of halogens is 1. The quantitative estimate of drug-likeness (QED) is 0.852. The van der Waals surface area contributed by atoms with Crippen molar-refractivity contribution in [1.29, 1.82) is 0 Å². The van der Waals surface area contributed by atoms with E-state index in [4.69, 9.17) is 11.6 Å². The highest BCUT2D eigenvalue weighted by atomic mass is 35.5. The van der Waals surface area contributed by atoms with Crippen LogP contribution < -0.4 is 5.32 Å². The first-order chi connectivity index (χ1) is 9.59. The molecule has 0 bridgehead atoms. The van der Waals surface area contributed by atoms with Crippen molar-refractivity contribution in [2.75, 3.05) is 0 Å². The second-order valence-electron chi connectivity index (χ2n) is 8.08. The molecule has 2 atom stereocenters. The van der Waals surface area contributed by atoms with Crippen molar-refractivity contribution >= 4 is 17.5 Å². The second kappa shape index (κ2) is 5.64. The topological polar surface area (TPSA) is 29.1 Å². The van der Waals surface area contributed by atoms with Crippen LogP contribution in [0.2, 0.25) is 5.02 Å². The lowest BCUT2D eigenvalue weighted by atomic mass is 9.81. The molecule has 0 radical (unpaired) electrons. The van der Waals surface area contributed by atoms with Gasteiger partial charge in [-0.2, -0.15) is 0 Å². The number of amides is 1. The zero-order valence-corrected chi connectivity index (χ0v) is 14.4. The van der Waals surface area contributed by atoms with Crippen molar-refractivity contribution in [3.05, 3.63) is 34.9 Å². The van der Waals surface area contributed by atoms with E-state index in [0.717, 1.165) is 23.4 Å². The standard InChI is InChI=1S/C18H26ClNO/c1-17(2,3)11-18(4,5)20-16(21)14-10-13(14)12-8-6-7-9-15(12)19/h6-9,13-14H,10-11H2,1-5H3,(H,20,21). The fraction of sp³-hybridized carbons (Fsp3) is 0.611. The van der Waals surface area contributed by atoms with Gasteiger partial charge in [-0.15, -0.1) is 0 Å². The molecule has 3 heteroatoms. The van der Waals surface area contributed by atoms with Gasteiger partial charge in [0.15, 0.2) is 0 Å². The number of carbonyl (C=O) groups excluding carboxylic acids is 1. The number of nitrogens with one attached hydrogen (secondary N) is 1. The molecule has 0 aliphatic heterocycles. The van der Waals surface area contributed by atoms with Gasteiger partial charge in [-0.25, -0.2) is 0 Å². The molecule has 2 nitrogen and oxygen atoms in total.